The Kier molecular flexibility index (Phi) is 8.07. The second kappa shape index (κ2) is 11.4. The van der Waals surface area contributed by atoms with E-state index in [9.17, 15) is 20.0 Å². The van der Waals surface area contributed by atoms with Gasteiger partial charge in [0.25, 0.3) is 5.91 Å². The van der Waals surface area contributed by atoms with E-state index >= 15 is 0 Å². The minimum Gasteiger partial charge on any atom is -0.507 e. The summed E-state index contributed by atoms with van der Waals surface area (Å²) in [6.07, 6.45) is 0. The van der Waals surface area contributed by atoms with Crippen LogP contribution in [0.4, 0.5) is 0 Å². The van der Waals surface area contributed by atoms with Crippen LogP contribution >= 0.6 is 0 Å². The largest absolute Gasteiger partial charge is 0.507 e. The van der Waals surface area contributed by atoms with Crippen LogP contribution in [0.1, 0.15) is 30.0 Å². The number of para-hydroxylation sites is 2. The molecule has 0 radical (unpaired) electrons. The molecule has 0 aliphatic rings. The third-order valence-electron chi connectivity index (χ3n) is 4.60. The molecule has 3 rings (SSSR count). The van der Waals surface area contributed by atoms with Crippen LogP contribution in [0.15, 0.2) is 48.2 Å². The number of amides is 1. The number of imidazole rings is 1. The number of nitrogens with zero attached hydrogens (tertiary/aromatic N) is 2. The molecular weight excluding hydrogens is 440 g/mol. The number of fused-ring (bicyclic) bond motifs is 1. The third kappa shape index (κ3) is 5.83. The van der Waals surface area contributed by atoms with E-state index in [-0.39, 0.29) is 17.0 Å². The van der Waals surface area contributed by atoms with E-state index in [4.69, 9.17) is 14.2 Å². The molecule has 10 heteroatoms. The summed E-state index contributed by atoms with van der Waals surface area (Å²) in [7, 11) is 0. The number of aromatic amines is 1. The SMILES string of the molecule is CCOc1ccc(C(=O)NCC(=O)OC/C(O)=C(\C#N)c2nc3ccccc3[nH]2)cc1OCC. The number of rotatable bonds is 10. The summed E-state index contributed by atoms with van der Waals surface area (Å²) in [6.45, 7) is 3.51. The van der Waals surface area contributed by atoms with E-state index in [2.05, 4.69) is 15.3 Å². The monoisotopic (exact) mass is 464 g/mol. The average Bonchev–Trinajstić information content (AvgIpc) is 3.26. The molecule has 1 heterocycles. The highest BCUT2D eigenvalue weighted by atomic mass is 16.5. The summed E-state index contributed by atoms with van der Waals surface area (Å²) >= 11 is 0. The maximum absolute atomic E-state index is 12.4. The lowest BCUT2D eigenvalue weighted by molar-refractivity contribution is -0.142. The van der Waals surface area contributed by atoms with Crippen molar-refractivity contribution in [3.8, 4) is 17.6 Å². The first kappa shape index (κ1) is 24.1. The topological polar surface area (TPSA) is 147 Å². The van der Waals surface area contributed by atoms with Crippen LogP contribution in [0.25, 0.3) is 16.6 Å². The second-order valence-corrected chi connectivity index (χ2v) is 6.91. The highest BCUT2D eigenvalue weighted by molar-refractivity contribution is 5.96. The molecule has 0 aliphatic carbocycles. The Morgan fingerprint density at radius 2 is 1.85 bits per heavy atom. The summed E-state index contributed by atoms with van der Waals surface area (Å²) in [4.78, 5) is 31.6. The highest BCUT2D eigenvalue weighted by Crippen LogP contribution is 2.28. The number of aromatic nitrogens is 2. The van der Waals surface area contributed by atoms with Gasteiger partial charge in [-0.2, -0.15) is 5.26 Å². The van der Waals surface area contributed by atoms with Gasteiger partial charge < -0.3 is 29.6 Å². The minimum atomic E-state index is -0.794. The lowest BCUT2D eigenvalue weighted by Crippen LogP contribution is -2.31. The number of H-pyrrole nitrogens is 1. The molecular formula is C24H24N4O6. The summed E-state index contributed by atoms with van der Waals surface area (Å²) in [5.41, 5.74) is 1.45. The summed E-state index contributed by atoms with van der Waals surface area (Å²) in [6, 6.07) is 13.7. The zero-order chi connectivity index (χ0) is 24.5. The summed E-state index contributed by atoms with van der Waals surface area (Å²) in [5, 5.41) is 22.1. The van der Waals surface area contributed by atoms with Gasteiger partial charge in [0, 0.05) is 5.56 Å². The molecule has 0 atom stereocenters. The molecule has 0 aliphatic heterocycles. The molecule has 0 saturated carbocycles. The van der Waals surface area contributed by atoms with Gasteiger partial charge >= 0.3 is 5.97 Å². The molecule has 10 nitrogen and oxygen atoms in total. The van der Waals surface area contributed by atoms with Crippen LogP contribution in [0.3, 0.4) is 0 Å². The average molecular weight is 464 g/mol. The van der Waals surface area contributed by atoms with Gasteiger partial charge in [0.15, 0.2) is 23.1 Å². The van der Waals surface area contributed by atoms with Crippen LogP contribution < -0.4 is 14.8 Å². The van der Waals surface area contributed by atoms with Gasteiger partial charge in [-0.1, -0.05) is 12.1 Å². The van der Waals surface area contributed by atoms with Crippen molar-refractivity contribution in [1.82, 2.24) is 15.3 Å². The second-order valence-electron chi connectivity index (χ2n) is 6.91. The Bertz CT molecular complexity index is 1220. The molecule has 3 aromatic rings. The van der Waals surface area contributed by atoms with Crippen LogP contribution in [0, 0.1) is 11.3 Å². The Morgan fingerprint density at radius 3 is 2.56 bits per heavy atom. The van der Waals surface area contributed by atoms with Crippen molar-refractivity contribution in [1.29, 1.82) is 5.26 Å². The van der Waals surface area contributed by atoms with Gasteiger partial charge in [-0.05, 0) is 44.2 Å². The fourth-order valence-electron chi connectivity index (χ4n) is 3.04. The molecule has 0 unspecified atom stereocenters. The van der Waals surface area contributed by atoms with E-state index in [1.54, 1.807) is 36.4 Å². The molecule has 1 amide bonds. The van der Waals surface area contributed by atoms with Gasteiger partial charge in [-0.3, -0.25) is 9.59 Å². The van der Waals surface area contributed by atoms with E-state index in [1.165, 1.54) is 6.07 Å². The number of nitriles is 1. The molecule has 176 valence electrons. The van der Waals surface area contributed by atoms with Gasteiger partial charge in [0.1, 0.15) is 24.8 Å². The van der Waals surface area contributed by atoms with Crippen molar-refractivity contribution in [3.05, 3.63) is 59.6 Å². The maximum atomic E-state index is 12.4. The maximum Gasteiger partial charge on any atom is 0.325 e. The molecule has 0 bridgehead atoms. The molecule has 1 aromatic heterocycles. The number of ether oxygens (including phenoxy) is 3. The predicted octanol–water partition coefficient (Wildman–Crippen LogP) is 3.13. The Morgan fingerprint density at radius 1 is 1.12 bits per heavy atom. The van der Waals surface area contributed by atoms with E-state index in [0.29, 0.717) is 35.7 Å². The van der Waals surface area contributed by atoms with Crippen molar-refractivity contribution in [3.63, 3.8) is 0 Å². The van der Waals surface area contributed by atoms with Crippen LogP contribution in [-0.4, -0.2) is 53.3 Å². The smallest absolute Gasteiger partial charge is 0.325 e. The number of allylic oxidation sites excluding steroid dienone is 1. The Hall–Kier alpha value is -4.52. The van der Waals surface area contributed by atoms with Crippen LogP contribution in [0.5, 0.6) is 11.5 Å². The number of carbonyl (C=O) groups is 2. The normalized spacial score (nSPS) is 11.3. The third-order valence-corrected chi connectivity index (χ3v) is 4.60. The van der Waals surface area contributed by atoms with Crippen molar-refractivity contribution in [2.24, 2.45) is 0 Å². The molecule has 0 spiro atoms. The van der Waals surface area contributed by atoms with Crippen molar-refractivity contribution in [2.75, 3.05) is 26.4 Å². The molecule has 2 aromatic carbocycles. The first-order valence-electron chi connectivity index (χ1n) is 10.6. The molecule has 0 fully saturated rings. The van der Waals surface area contributed by atoms with E-state index in [0.717, 1.165) is 0 Å². The Labute approximate surface area is 195 Å². The minimum absolute atomic E-state index is 0.147. The standard InChI is InChI=1S/C24H24N4O6/c1-3-32-20-10-9-15(11-21(20)33-4-2)24(31)26-13-22(30)34-14-19(29)16(12-25)23-27-17-7-5-6-8-18(17)28-23/h5-11,29H,3-4,13-14H2,1-2H3,(H,26,31)(H,27,28)/b19-16-. The number of hydrogen-bond acceptors (Lipinski definition) is 8. The number of aliphatic hydroxyl groups is 1. The number of esters is 1. The molecule has 0 saturated heterocycles. The van der Waals surface area contributed by atoms with Crippen molar-refractivity contribution < 1.29 is 28.9 Å². The van der Waals surface area contributed by atoms with Crippen LogP contribution in [0.2, 0.25) is 0 Å². The predicted molar refractivity (Wildman–Crippen MR) is 123 cm³/mol. The van der Waals surface area contributed by atoms with Crippen LogP contribution in [-0.2, 0) is 9.53 Å². The quantitative estimate of drug-likeness (QED) is 0.236. The Balaban J connectivity index is 1.58. The summed E-state index contributed by atoms with van der Waals surface area (Å²) < 4.78 is 15.9. The zero-order valence-electron chi connectivity index (χ0n) is 18.8. The molecule has 3 N–H and O–H groups in total. The van der Waals surface area contributed by atoms with E-state index < -0.39 is 30.8 Å². The fourth-order valence-corrected chi connectivity index (χ4v) is 3.04. The van der Waals surface area contributed by atoms with Gasteiger partial charge in [-0.15, -0.1) is 0 Å². The van der Waals surface area contributed by atoms with Crippen molar-refractivity contribution >= 4 is 28.5 Å². The highest BCUT2D eigenvalue weighted by Gasteiger charge is 2.16. The first-order valence-corrected chi connectivity index (χ1v) is 10.6. The fraction of sp³-hybridized carbons (Fsp3) is 0.250. The number of carbonyl (C=O) groups excluding carboxylic acids is 2. The summed E-state index contributed by atoms with van der Waals surface area (Å²) in [5.74, 6) is -0.677. The lowest BCUT2D eigenvalue weighted by atomic mass is 10.2. The van der Waals surface area contributed by atoms with Gasteiger partial charge in [0.05, 0.1) is 24.2 Å². The number of benzene rings is 2. The first-order chi connectivity index (χ1) is 16.5. The van der Waals surface area contributed by atoms with Gasteiger partial charge in [-0.25, -0.2) is 4.98 Å². The van der Waals surface area contributed by atoms with E-state index in [1.807, 2.05) is 19.9 Å². The number of nitrogens with one attached hydrogen (secondary N) is 2. The number of hydrogen-bond donors (Lipinski definition) is 3. The number of aliphatic hydroxyl groups excluding tert-OH is 1. The lowest BCUT2D eigenvalue weighted by Gasteiger charge is -2.12. The van der Waals surface area contributed by atoms with Gasteiger partial charge in [0.2, 0.25) is 0 Å². The zero-order valence-corrected chi connectivity index (χ0v) is 18.8. The molecule has 34 heavy (non-hydrogen) atoms. The van der Waals surface area contributed by atoms with Crippen molar-refractivity contribution in [2.45, 2.75) is 13.8 Å².